The summed E-state index contributed by atoms with van der Waals surface area (Å²) in [5, 5.41) is 11.2. The topological polar surface area (TPSA) is 66.4 Å². The molecule has 1 aliphatic rings. The maximum Gasteiger partial charge on any atom is 0.328 e. The molecule has 0 saturated carbocycles. The van der Waals surface area contributed by atoms with Crippen molar-refractivity contribution >= 4 is 35.4 Å². The van der Waals surface area contributed by atoms with Crippen LogP contribution in [0, 0.1) is 5.82 Å². The van der Waals surface area contributed by atoms with Gasteiger partial charge in [0, 0.05) is 17.3 Å². The summed E-state index contributed by atoms with van der Waals surface area (Å²) < 4.78 is 13.5. The second-order valence-electron chi connectivity index (χ2n) is 4.40. The van der Waals surface area contributed by atoms with Crippen LogP contribution in [0.15, 0.2) is 24.3 Å². The molecule has 0 aromatic heterocycles. The quantitative estimate of drug-likeness (QED) is 0.838. The zero-order valence-corrected chi connectivity index (χ0v) is 11.5. The Balaban J connectivity index is 2.10. The highest BCUT2D eigenvalue weighted by molar-refractivity contribution is 8.00. The number of nitrogens with one attached hydrogen (secondary N) is 1. The molecule has 1 aromatic carbocycles. The van der Waals surface area contributed by atoms with E-state index in [-0.39, 0.29) is 16.7 Å². The van der Waals surface area contributed by atoms with E-state index in [2.05, 4.69) is 5.32 Å². The molecule has 1 fully saturated rings. The molecule has 1 unspecified atom stereocenters. The SMILES string of the molecule is O=C(O)/C=C/c1cc(NC(=O)C2CCCS2)ccc1F. The van der Waals surface area contributed by atoms with Crippen molar-refractivity contribution in [1.82, 2.24) is 0 Å². The summed E-state index contributed by atoms with van der Waals surface area (Å²) in [6, 6.07) is 4.09. The minimum Gasteiger partial charge on any atom is -0.478 e. The van der Waals surface area contributed by atoms with E-state index in [1.165, 1.54) is 18.2 Å². The highest BCUT2D eigenvalue weighted by Gasteiger charge is 2.23. The number of carbonyl (C=O) groups is 2. The molecule has 0 radical (unpaired) electrons. The normalized spacial score (nSPS) is 18.4. The Hall–Kier alpha value is -1.82. The molecule has 2 rings (SSSR count). The fourth-order valence-electron chi connectivity index (χ4n) is 1.92. The smallest absolute Gasteiger partial charge is 0.328 e. The van der Waals surface area contributed by atoms with Crippen LogP contribution in [0.2, 0.25) is 0 Å². The van der Waals surface area contributed by atoms with Gasteiger partial charge < -0.3 is 10.4 Å². The van der Waals surface area contributed by atoms with Gasteiger partial charge in [-0.15, -0.1) is 11.8 Å². The van der Waals surface area contributed by atoms with E-state index in [4.69, 9.17) is 5.11 Å². The van der Waals surface area contributed by atoms with Gasteiger partial charge in [0.15, 0.2) is 0 Å². The third-order valence-corrected chi connectivity index (χ3v) is 4.27. The van der Waals surface area contributed by atoms with Crippen LogP contribution < -0.4 is 5.32 Å². The average molecular weight is 295 g/mol. The largest absolute Gasteiger partial charge is 0.478 e. The molecule has 1 saturated heterocycles. The summed E-state index contributed by atoms with van der Waals surface area (Å²) in [7, 11) is 0. The molecule has 0 aliphatic carbocycles. The zero-order chi connectivity index (χ0) is 14.5. The molecular weight excluding hydrogens is 281 g/mol. The van der Waals surface area contributed by atoms with Crippen LogP contribution in [-0.4, -0.2) is 28.0 Å². The number of carboxylic acids is 1. The van der Waals surface area contributed by atoms with Gasteiger partial charge in [-0.3, -0.25) is 4.79 Å². The summed E-state index contributed by atoms with van der Waals surface area (Å²) in [6.45, 7) is 0. The van der Waals surface area contributed by atoms with E-state index >= 15 is 0 Å². The molecule has 1 atom stereocenters. The van der Waals surface area contributed by atoms with Crippen molar-refractivity contribution in [1.29, 1.82) is 0 Å². The second-order valence-corrected chi connectivity index (χ2v) is 5.71. The molecule has 20 heavy (non-hydrogen) atoms. The zero-order valence-electron chi connectivity index (χ0n) is 10.6. The van der Waals surface area contributed by atoms with Crippen molar-refractivity contribution < 1.29 is 19.1 Å². The van der Waals surface area contributed by atoms with Crippen LogP contribution in [0.3, 0.4) is 0 Å². The number of carbonyl (C=O) groups excluding carboxylic acids is 1. The Bertz CT molecular complexity index is 553. The minimum absolute atomic E-state index is 0.0573. The summed E-state index contributed by atoms with van der Waals surface area (Å²) in [4.78, 5) is 22.4. The van der Waals surface area contributed by atoms with Gasteiger partial charge in [0.25, 0.3) is 0 Å². The molecule has 0 bridgehead atoms. The number of benzene rings is 1. The Morgan fingerprint density at radius 2 is 2.25 bits per heavy atom. The Morgan fingerprint density at radius 3 is 2.90 bits per heavy atom. The Labute approximate surface area is 120 Å². The van der Waals surface area contributed by atoms with Gasteiger partial charge in [-0.05, 0) is 42.9 Å². The Kier molecular flexibility index (Phi) is 4.79. The van der Waals surface area contributed by atoms with E-state index in [1.807, 2.05) is 0 Å². The monoisotopic (exact) mass is 295 g/mol. The van der Waals surface area contributed by atoms with E-state index in [1.54, 1.807) is 11.8 Å². The third-order valence-electron chi connectivity index (χ3n) is 2.89. The molecule has 4 nitrogen and oxygen atoms in total. The van der Waals surface area contributed by atoms with E-state index in [0.29, 0.717) is 5.69 Å². The first-order chi connectivity index (χ1) is 9.56. The predicted octanol–water partition coefficient (Wildman–Crippen LogP) is 2.76. The van der Waals surface area contributed by atoms with E-state index < -0.39 is 11.8 Å². The van der Waals surface area contributed by atoms with E-state index in [9.17, 15) is 14.0 Å². The van der Waals surface area contributed by atoms with Crippen LogP contribution >= 0.6 is 11.8 Å². The molecular formula is C14H14FNO3S. The van der Waals surface area contributed by atoms with Gasteiger partial charge in [-0.2, -0.15) is 0 Å². The first kappa shape index (κ1) is 14.6. The lowest BCUT2D eigenvalue weighted by Gasteiger charge is -2.10. The molecule has 1 aliphatic heterocycles. The van der Waals surface area contributed by atoms with Crippen molar-refractivity contribution in [3.63, 3.8) is 0 Å². The molecule has 106 valence electrons. The minimum atomic E-state index is -1.15. The van der Waals surface area contributed by atoms with Crippen LogP contribution in [-0.2, 0) is 9.59 Å². The highest BCUT2D eigenvalue weighted by atomic mass is 32.2. The summed E-state index contributed by atoms with van der Waals surface area (Å²) in [5.74, 6) is -0.794. The van der Waals surface area contributed by atoms with Gasteiger partial charge >= 0.3 is 5.97 Å². The van der Waals surface area contributed by atoms with Crippen molar-refractivity contribution in [3.8, 4) is 0 Å². The molecule has 6 heteroatoms. The summed E-state index contributed by atoms with van der Waals surface area (Å²) in [5.41, 5.74) is 0.596. The number of hydrogen-bond donors (Lipinski definition) is 2. The number of amides is 1. The van der Waals surface area contributed by atoms with Crippen LogP contribution in [0.5, 0.6) is 0 Å². The number of anilines is 1. The van der Waals surface area contributed by atoms with Crippen LogP contribution in [0.4, 0.5) is 10.1 Å². The van der Waals surface area contributed by atoms with Crippen molar-refractivity contribution in [2.24, 2.45) is 0 Å². The number of hydrogen-bond acceptors (Lipinski definition) is 3. The number of carboxylic acid groups (broad SMARTS) is 1. The lowest BCUT2D eigenvalue weighted by molar-refractivity contribution is -0.131. The van der Waals surface area contributed by atoms with Crippen molar-refractivity contribution in [3.05, 3.63) is 35.7 Å². The van der Waals surface area contributed by atoms with Crippen LogP contribution in [0.1, 0.15) is 18.4 Å². The molecule has 1 aromatic rings. The number of thioether (sulfide) groups is 1. The van der Waals surface area contributed by atoms with E-state index in [0.717, 1.165) is 30.7 Å². The molecule has 1 heterocycles. The highest BCUT2D eigenvalue weighted by Crippen LogP contribution is 2.27. The second kappa shape index (κ2) is 6.56. The summed E-state index contributed by atoms with van der Waals surface area (Å²) in [6.07, 6.45) is 3.90. The van der Waals surface area contributed by atoms with Crippen LogP contribution in [0.25, 0.3) is 6.08 Å². The van der Waals surface area contributed by atoms with Gasteiger partial charge in [0.1, 0.15) is 5.82 Å². The number of rotatable bonds is 4. The van der Waals surface area contributed by atoms with Gasteiger partial charge in [-0.25, -0.2) is 9.18 Å². The lowest BCUT2D eigenvalue weighted by atomic mass is 10.1. The van der Waals surface area contributed by atoms with Gasteiger partial charge in [0.2, 0.25) is 5.91 Å². The average Bonchev–Trinajstić information content (AvgIpc) is 2.93. The fourth-order valence-corrected chi connectivity index (χ4v) is 3.08. The van der Waals surface area contributed by atoms with Crippen molar-refractivity contribution in [2.75, 3.05) is 11.1 Å². The number of halogens is 1. The fraction of sp³-hybridized carbons (Fsp3) is 0.286. The van der Waals surface area contributed by atoms with Gasteiger partial charge in [0.05, 0.1) is 5.25 Å². The molecule has 2 N–H and O–H groups in total. The lowest BCUT2D eigenvalue weighted by Crippen LogP contribution is -2.22. The standard InChI is InChI=1S/C14H14FNO3S/c15-11-5-4-10(8-9(11)3-6-13(17)18)16-14(19)12-2-1-7-20-12/h3-6,8,12H,1-2,7H2,(H,16,19)(H,17,18)/b6-3+. The van der Waals surface area contributed by atoms with Gasteiger partial charge in [-0.1, -0.05) is 0 Å². The Morgan fingerprint density at radius 1 is 1.45 bits per heavy atom. The molecule has 1 amide bonds. The predicted molar refractivity (Wildman–Crippen MR) is 77.2 cm³/mol. The maximum absolute atomic E-state index is 13.5. The first-order valence-corrected chi connectivity index (χ1v) is 7.24. The summed E-state index contributed by atoms with van der Waals surface area (Å²) >= 11 is 1.61. The first-order valence-electron chi connectivity index (χ1n) is 6.19. The third kappa shape index (κ3) is 3.84. The maximum atomic E-state index is 13.5. The van der Waals surface area contributed by atoms with Crippen molar-refractivity contribution in [2.45, 2.75) is 18.1 Å². The number of aliphatic carboxylic acids is 1. The molecule has 0 spiro atoms.